The first-order valence-corrected chi connectivity index (χ1v) is 13.5. The van der Waals surface area contributed by atoms with Crippen LogP contribution in [0.4, 0.5) is 11.6 Å². The second kappa shape index (κ2) is 13.1. The highest BCUT2D eigenvalue weighted by Crippen LogP contribution is 2.29. The largest absolute Gasteiger partial charge is 0.489 e. The molecule has 2 heterocycles. The molecule has 1 saturated heterocycles. The number of aromatic nitrogens is 3. The quantitative estimate of drug-likeness (QED) is 0.377. The van der Waals surface area contributed by atoms with Gasteiger partial charge in [0.25, 0.3) is 0 Å². The number of nitrogens with zero attached hydrogens (tertiary/aromatic N) is 3. The highest BCUT2D eigenvalue weighted by Gasteiger charge is 2.19. The second-order valence-corrected chi connectivity index (χ2v) is 10.4. The van der Waals surface area contributed by atoms with Gasteiger partial charge < -0.3 is 20.1 Å². The molecule has 1 aliphatic heterocycles. The number of rotatable bonds is 10. The molecule has 1 aromatic heterocycles. The summed E-state index contributed by atoms with van der Waals surface area (Å²) in [6, 6.07) is 12.0. The van der Waals surface area contributed by atoms with E-state index in [1.54, 1.807) is 42.5 Å². The normalized spacial score (nSPS) is 13.9. The summed E-state index contributed by atoms with van der Waals surface area (Å²) in [4.78, 5) is 43.2. The molecule has 10 nitrogen and oxygen atoms in total. The van der Waals surface area contributed by atoms with Crippen molar-refractivity contribution in [3.63, 3.8) is 0 Å². The Labute approximate surface area is 235 Å². The van der Waals surface area contributed by atoms with Crippen molar-refractivity contribution < 1.29 is 14.3 Å². The van der Waals surface area contributed by atoms with Crippen LogP contribution in [-0.4, -0.2) is 45.9 Å². The SMILES string of the molecule is CC(C)Oc1ccc(Nc2nc(=O)n(CC(=O)NCC3CCOCC3)c(=O)n2Cc2ccc(Cl)cc2)cc1Cl. The Balaban J connectivity index is 1.61. The zero-order valence-corrected chi connectivity index (χ0v) is 23.3. The standard InChI is InChI=1S/C27H31Cl2N5O5/c1-17(2)39-23-8-7-21(13-22(23)29)31-25-32-26(36)34(16-24(35)30-14-18-9-11-38-12-10-18)27(37)33(25)15-19-3-5-20(28)6-4-19/h3-8,13,17-18H,9-12,14-16H2,1-2H3,(H,30,35)(H,31,32,36). The van der Waals surface area contributed by atoms with Gasteiger partial charge in [0.05, 0.1) is 17.7 Å². The summed E-state index contributed by atoms with van der Waals surface area (Å²) < 4.78 is 13.1. The predicted molar refractivity (Wildman–Crippen MR) is 150 cm³/mol. The van der Waals surface area contributed by atoms with E-state index >= 15 is 0 Å². The van der Waals surface area contributed by atoms with Gasteiger partial charge in [-0.15, -0.1) is 0 Å². The maximum atomic E-state index is 13.5. The summed E-state index contributed by atoms with van der Waals surface area (Å²) in [6.07, 6.45) is 1.64. The predicted octanol–water partition coefficient (Wildman–Crippen LogP) is 3.83. The van der Waals surface area contributed by atoms with E-state index in [0.29, 0.717) is 47.2 Å². The fraction of sp³-hybridized carbons (Fsp3) is 0.407. The highest BCUT2D eigenvalue weighted by atomic mass is 35.5. The van der Waals surface area contributed by atoms with Crippen LogP contribution in [0.1, 0.15) is 32.3 Å². The lowest BCUT2D eigenvalue weighted by molar-refractivity contribution is -0.122. The Kier molecular flexibility index (Phi) is 9.66. The molecule has 0 saturated carbocycles. The Morgan fingerprint density at radius 2 is 1.82 bits per heavy atom. The van der Waals surface area contributed by atoms with Crippen molar-refractivity contribution in [3.8, 4) is 5.75 Å². The average molecular weight is 576 g/mol. The van der Waals surface area contributed by atoms with Gasteiger partial charge in [0, 0.05) is 30.5 Å². The van der Waals surface area contributed by atoms with Gasteiger partial charge in [-0.25, -0.2) is 14.2 Å². The first-order valence-electron chi connectivity index (χ1n) is 12.7. The van der Waals surface area contributed by atoms with Gasteiger partial charge in [0.15, 0.2) is 0 Å². The third kappa shape index (κ3) is 7.84. The Hall–Kier alpha value is -3.34. The van der Waals surface area contributed by atoms with Crippen molar-refractivity contribution in [2.24, 2.45) is 5.92 Å². The summed E-state index contributed by atoms with van der Waals surface area (Å²) >= 11 is 12.4. The minimum absolute atomic E-state index is 0.00686. The number of hydrogen-bond acceptors (Lipinski definition) is 7. The van der Waals surface area contributed by atoms with Crippen molar-refractivity contribution in [2.75, 3.05) is 25.1 Å². The fourth-order valence-electron chi connectivity index (χ4n) is 4.14. The van der Waals surface area contributed by atoms with Crippen LogP contribution >= 0.6 is 23.2 Å². The summed E-state index contributed by atoms with van der Waals surface area (Å²) in [7, 11) is 0. The molecule has 2 aromatic carbocycles. The van der Waals surface area contributed by atoms with Gasteiger partial charge in [-0.3, -0.25) is 9.36 Å². The van der Waals surface area contributed by atoms with Crippen molar-refractivity contribution in [1.29, 1.82) is 0 Å². The molecule has 2 N–H and O–H groups in total. The van der Waals surface area contributed by atoms with E-state index in [2.05, 4.69) is 15.6 Å². The van der Waals surface area contributed by atoms with Gasteiger partial charge in [0.1, 0.15) is 12.3 Å². The van der Waals surface area contributed by atoms with Crippen LogP contribution in [0.15, 0.2) is 52.1 Å². The fourth-order valence-corrected chi connectivity index (χ4v) is 4.49. The Morgan fingerprint density at radius 3 is 2.49 bits per heavy atom. The van der Waals surface area contributed by atoms with E-state index in [9.17, 15) is 14.4 Å². The lowest BCUT2D eigenvalue weighted by Crippen LogP contribution is -2.46. The number of ether oxygens (including phenoxy) is 2. The van der Waals surface area contributed by atoms with Gasteiger partial charge in [-0.1, -0.05) is 35.3 Å². The maximum absolute atomic E-state index is 13.5. The molecule has 1 fully saturated rings. The van der Waals surface area contributed by atoms with Crippen molar-refractivity contribution in [3.05, 3.63) is 79.0 Å². The minimum atomic E-state index is -0.845. The summed E-state index contributed by atoms with van der Waals surface area (Å²) in [5, 5.41) is 6.74. The third-order valence-electron chi connectivity index (χ3n) is 6.19. The lowest BCUT2D eigenvalue weighted by Gasteiger charge is -2.22. The third-order valence-corrected chi connectivity index (χ3v) is 6.73. The first-order chi connectivity index (χ1) is 18.7. The van der Waals surface area contributed by atoms with Crippen LogP contribution < -0.4 is 26.7 Å². The van der Waals surface area contributed by atoms with Crippen molar-refractivity contribution >= 4 is 40.7 Å². The lowest BCUT2D eigenvalue weighted by atomic mass is 10.0. The molecule has 39 heavy (non-hydrogen) atoms. The number of halogens is 2. The zero-order valence-electron chi connectivity index (χ0n) is 21.8. The van der Waals surface area contributed by atoms with Gasteiger partial charge in [0.2, 0.25) is 11.9 Å². The topological polar surface area (TPSA) is 116 Å². The van der Waals surface area contributed by atoms with Crippen molar-refractivity contribution in [1.82, 2.24) is 19.4 Å². The van der Waals surface area contributed by atoms with Crippen LogP contribution in [0.5, 0.6) is 5.75 Å². The van der Waals surface area contributed by atoms with E-state index in [0.717, 1.165) is 23.0 Å². The summed E-state index contributed by atoms with van der Waals surface area (Å²) in [5.74, 6) is 0.377. The molecular weight excluding hydrogens is 545 g/mol. The van der Waals surface area contributed by atoms with Crippen LogP contribution in [0.25, 0.3) is 0 Å². The molecule has 0 spiro atoms. The van der Waals surface area contributed by atoms with Crippen molar-refractivity contribution in [2.45, 2.75) is 45.9 Å². The van der Waals surface area contributed by atoms with Gasteiger partial charge >= 0.3 is 11.4 Å². The second-order valence-electron chi connectivity index (χ2n) is 9.60. The summed E-state index contributed by atoms with van der Waals surface area (Å²) in [5.41, 5.74) is -0.278. The molecule has 4 rings (SSSR count). The minimum Gasteiger partial charge on any atom is -0.489 e. The molecule has 1 amide bonds. The zero-order chi connectivity index (χ0) is 27.9. The number of nitrogens with one attached hydrogen (secondary N) is 2. The van der Waals surface area contributed by atoms with Gasteiger partial charge in [-0.05, 0) is 68.5 Å². The Morgan fingerprint density at radius 1 is 1.10 bits per heavy atom. The molecule has 0 bridgehead atoms. The molecule has 208 valence electrons. The van der Waals surface area contributed by atoms with E-state index in [-0.39, 0.29) is 18.6 Å². The smallest absolute Gasteiger partial charge is 0.355 e. The van der Waals surface area contributed by atoms with E-state index in [1.165, 1.54) is 4.57 Å². The monoisotopic (exact) mass is 575 g/mol. The highest BCUT2D eigenvalue weighted by molar-refractivity contribution is 6.32. The van der Waals surface area contributed by atoms with E-state index < -0.39 is 23.8 Å². The molecule has 3 aromatic rings. The first kappa shape index (κ1) is 28.7. The number of amides is 1. The number of hydrogen-bond donors (Lipinski definition) is 2. The molecule has 0 unspecified atom stereocenters. The number of carbonyl (C=O) groups is 1. The van der Waals surface area contributed by atoms with Crippen LogP contribution in [-0.2, 0) is 22.6 Å². The van der Waals surface area contributed by atoms with Crippen LogP contribution in [0, 0.1) is 5.92 Å². The van der Waals surface area contributed by atoms with E-state index in [4.69, 9.17) is 32.7 Å². The van der Waals surface area contributed by atoms with Crippen LogP contribution in [0.3, 0.4) is 0 Å². The number of carbonyl (C=O) groups excluding carboxylic acids is 1. The van der Waals surface area contributed by atoms with Crippen LogP contribution in [0.2, 0.25) is 10.0 Å². The maximum Gasteiger partial charge on any atom is 0.355 e. The molecule has 1 aliphatic rings. The molecule has 0 aliphatic carbocycles. The summed E-state index contributed by atoms with van der Waals surface area (Å²) in [6.45, 7) is 5.20. The molecule has 0 atom stereocenters. The number of anilines is 2. The van der Waals surface area contributed by atoms with E-state index in [1.807, 2.05) is 13.8 Å². The number of benzene rings is 2. The Bertz CT molecular complexity index is 1420. The molecule has 0 radical (unpaired) electrons. The molecular formula is C27H31Cl2N5O5. The van der Waals surface area contributed by atoms with Gasteiger partial charge in [-0.2, -0.15) is 4.98 Å². The molecule has 12 heteroatoms. The average Bonchev–Trinajstić information content (AvgIpc) is 2.90.